The van der Waals surface area contributed by atoms with Crippen LogP contribution in [0.25, 0.3) is 0 Å². The first kappa shape index (κ1) is 11.8. The van der Waals surface area contributed by atoms with Crippen LogP contribution in [0.4, 0.5) is 8.78 Å². The molecule has 1 aromatic heterocycles. The van der Waals surface area contributed by atoms with Gasteiger partial charge in [0, 0.05) is 21.8 Å². The van der Waals surface area contributed by atoms with Crippen LogP contribution >= 0.6 is 27.5 Å². The maximum Gasteiger partial charge on any atom is 0.265 e. The highest BCUT2D eigenvalue weighted by atomic mass is 79.9. The van der Waals surface area contributed by atoms with E-state index in [1.54, 1.807) is 0 Å². The van der Waals surface area contributed by atoms with Crippen molar-refractivity contribution in [3.63, 3.8) is 0 Å². The van der Waals surface area contributed by atoms with Gasteiger partial charge in [0.15, 0.2) is 0 Å². The first-order chi connectivity index (χ1) is 6.61. The Kier molecular flexibility index (Phi) is 4.22. The predicted octanol–water partition coefficient (Wildman–Crippen LogP) is 3.01. The van der Waals surface area contributed by atoms with Gasteiger partial charge in [-0.25, -0.2) is 8.78 Å². The quantitative estimate of drug-likeness (QED) is 0.867. The SMILES string of the molecule is OCc1c(C(F)F)cnc(CCl)c1Br. The van der Waals surface area contributed by atoms with Crippen molar-refractivity contribution in [3.05, 3.63) is 27.5 Å². The lowest BCUT2D eigenvalue weighted by Crippen LogP contribution is -2.01. The second-order valence-electron chi connectivity index (χ2n) is 2.55. The van der Waals surface area contributed by atoms with E-state index in [4.69, 9.17) is 16.7 Å². The lowest BCUT2D eigenvalue weighted by atomic mass is 10.1. The molecule has 0 amide bonds. The van der Waals surface area contributed by atoms with Gasteiger partial charge in [0.1, 0.15) is 0 Å². The third-order valence-electron chi connectivity index (χ3n) is 1.75. The molecule has 0 saturated carbocycles. The minimum atomic E-state index is -2.65. The second kappa shape index (κ2) is 5.00. The minimum Gasteiger partial charge on any atom is -0.392 e. The first-order valence-electron chi connectivity index (χ1n) is 3.73. The summed E-state index contributed by atoms with van der Waals surface area (Å²) in [6.45, 7) is -0.466. The van der Waals surface area contributed by atoms with Crippen molar-refractivity contribution in [2.24, 2.45) is 0 Å². The molecule has 0 unspecified atom stereocenters. The zero-order valence-corrected chi connectivity index (χ0v) is 9.32. The number of aliphatic hydroxyl groups is 1. The molecule has 1 aromatic rings. The number of nitrogens with zero attached hydrogens (tertiary/aromatic N) is 1. The average Bonchev–Trinajstić information content (AvgIpc) is 2.17. The summed E-state index contributed by atoms with van der Waals surface area (Å²) in [6, 6.07) is 0. The molecular weight excluding hydrogens is 279 g/mol. The fourth-order valence-electron chi connectivity index (χ4n) is 1.02. The Bertz CT molecular complexity index is 335. The predicted molar refractivity (Wildman–Crippen MR) is 52.4 cm³/mol. The van der Waals surface area contributed by atoms with E-state index >= 15 is 0 Å². The molecule has 0 fully saturated rings. The Morgan fingerprint density at radius 1 is 1.57 bits per heavy atom. The number of rotatable bonds is 3. The summed E-state index contributed by atoms with van der Waals surface area (Å²) in [7, 11) is 0. The summed E-state index contributed by atoms with van der Waals surface area (Å²) in [4.78, 5) is 3.76. The normalized spacial score (nSPS) is 11.0. The Balaban J connectivity index is 3.28. The van der Waals surface area contributed by atoms with Crippen LogP contribution in [0.1, 0.15) is 23.2 Å². The van der Waals surface area contributed by atoms with Crippen molar-refractivity contribution < 1.29 is 13.9 Å². The number of pyridine rings is 1. The second-order valence-corrected chi connectivity index (χ2v) is 3.61. The molecule has 78 valence electrons. The topological polar surface area (TPSA) is 33.1 Å². The zero-order valence-electron chi connectivity index (χ0n) is 6.98. The summed E-state index contributed by atoms with van der Waals surface area (Å²) < 4.78 is 25.2. The molecule has 1 rings (SSSR count). The minimum absolute atomic E-state index is 0.108. The van der Waals surface area contributed by atoms with Crippen molar-refractivity contribution in [2.75, 3.05) is 0 Å². The number of hydrogen-bond acceptors (Lipinski definition) is 2. The number of hydrogen-bond donors (Lipinski definition) is 1. The molecule has 0 aliphatic heterocycles. The zero-order chi connectivity index (χ0) is 10.7. The van der Waals surface area contributed by atoms with Crippen molar-refractivity contribution in [3.8, 4) is 0 Å². The van der Waals surface area contributed by atoms with Crippen LogP contribution in [0.15, 0.2) is 10.7 Å². The summed E-state index contributed by atoms with van der Waals surface area (Å²) in [5.41, 5.74) is 0.319. The van der Waals surface area contributed by atoms with Crippen LogP contribution in [0.5, 0.6) is 0 Å². The van der Waals surface area contributed by atoms with Crippen LogP contribution in [-0.4, -0.2) is 10.1 Å². The van der Waals surface area contributed by atoms with E-state index in [1.165, 1.54) is 0 Å². The van der Waals surface area contributed by atoms with E-state index < -0.39 is 13.0 Å². The monoisotopic (exact) mass is 285 g/mol. The van der Waals surface area contributed by atoms with E-state index in [1.807, 2.05) is 0 Å². The molecule has 0 aromatic carbocycles. The lowest BCUT2D eigenvalue weighted by Gasteiger charge is -2.10. The largest absolute Gasteiger partial charge is 0.392 e. The Labute approximate surface area is 93.0 Å². The molecule has 0 aliphatic carbocycles. The highest BCUT2D eigenvalue weighted by molar-refractivity contribution is 9.10. The van der Waals surface area contributed by atoms with Gasteiger partial charge in [-0.05, 0) is 15.9 Å². The molecule has 1 N–H and O–H groups in total. The molecular formula is C8H7BrClF2NO. The molecule has 0 radical (unpaired) electrons. The Morgan fingerprint density at radius 3 is 2.64 bits per heavy atom. The van der Waals surface area contributed by atoms with E-state index in [9.17, 15) is 8.78 Å². The van der Waals surface area contributed by atoms with Gasteiger partial charge in [0.05, 0.1) is 18.2 Å². The molecule has 0 aliphatic rings. The standard InChI is InChI=1S/C8H7BrClF2NO/c9-7-5(3-14)4(8(11)12)2-13-6(7)1-10/h2,8,14H,1,3H2. The summed E-state index contributed by atoms with van der Waals surface area (Å²) in [5.74, 6) is 0.108. The first-order valence-corrected chi connectivity index (χ1v) is 5.05. The average molecular weight is 287 g/mol. The summed E-state index contributed by atoms with van der Waals surface area (Å²) in [5, 5.41) is 8.93. The van der Waals surface area contributed by atoms with Gasteiger partial charge in [-0.3, -0.25) is 4.98 Å². The fraction of sp³-hybridized carbons (Fsp3) is 0.375. The van der Waals surface area contributed by atoms with E-state index in [0.717, 1.165) is 6.20 Å². The number of halogens is 4. The van der Waals surface area contributed by atoms with Gasteiger partial charge < -0.3 is 5.11 Å². The third kappa shape index (κ3) is 2.21. The smallest absolute Gasteiger partial charge is 0.265 e. The van der Waals surface area contributed by atoms with Crippen molar-refractivity contribution in [2.45, 2.75) is 18.9 Å². The van der Waals surface area contributed by atoms with Crippen molar-refractivity contribution in [1.82, 2.24) is 4.98 Å². The van der Waals surface area contributed by atoms with E-state index in [2.05, 4.69) is 20.9 Å². The number of alkyl halides is 3. The van der Waals surface area contributed by atoms with Crippen LogP contribution in [0.2, 0.25) is 0 Å². The van der Waals surface area contributed by atoms with Gasteiger partial charge in [-0.2, -0.15) is 0 Å². The molecule has 0 bridgehead atoms. The van der Waals surface area contributed by atoms with Crippen molar-refractivity contribution >= 4 is 27.5 Å². The van der Waals surface area contributed by atoms with Crippen LogP contribution < -0.4 is 0 Å². The third-order valence-corrected chi connectivity index (χ3v) is 2.94. The molecule has 14 heavy (non-hydrogen) atoms. The van der Waals surface area contributed by atoms with Crippen LogP contribution in [-0.2, 0) is 12.5 Å². The summed E-state index contributed by atoms with van der Waals surface area (Å²) >= 11 is 8.61. The molecule has 2 nitrogen and oxygen atoms in total. The van der Waals surface area contributed by atoms with E-state index in [0.29, 0.717) is 10.2 Å². The van der Waals surface area contributed by atoms with Gasteiger partial charge in [-0.1, -0.05) is 0 Å². The van der Waals surface area contributed by atoms with Crippen LogP contribution in [0, 0.1) is 0 Å². The highest BCUT2D eigenvalue weighted by Crippen LogP contribution is 2.30. The maximum atomic E-state index is 12.4. The van der Waals surface area contributed by atoms with E-state index in [-0.39, 0.29) is 17.0 Å². The number of aromatic nitrogens is 1. The molecule has 0 atom stereocenters. The summed E-state index contributed by atoms with van der Waals surface area (Å²) in [6.07, 6.45) is -1.61. The molecule has 0 saturated heterocycles. The lowest BCUT2D eigenvalue weighted by molar-refractivity contribution is 0.146. The number of aliphatic hydroxyl groups excluding tert-OH is 1. The fourth-order valence-corrected chi connectivity index (χ4v) is 1.99. The van der Waals surface area contributed by atoms with Gasteiger partial charge >= 0.3 is 0 Å². The molecule has 6 heteroatoms. The highest BCUT2D eigenvalue weighted by Gasteiger charge is 2.17. The van der Waals surface area contributed by atoms with Crippen LogP contribution in [0.3, 0.4) is 0 Å². The van der Waals surface area contributed by atoms with Crippen molar-refractivity contribution in [1.29, 1.82) is 0 Å². The van der Waals surface area contributed by atoms with Gasteiger partial charge in [-0.15, -0.1) is 11.6 Å². The Hall–Kier alpha value is -0.260. The molecule has 0 spiro atoms. The van der Waals surface area contributed by atoms with Gasteiger partial charge in [0.2, 0.25) is 0 Å². The Morgan fingerprint density at radius 2 is 2.21 bits per heavy atom. The van der Waals surface area contributed by atoms with Gasteiger partial charge in [0.25, 0.3) is 6.43 Å². The molecule has 1 heterocycles. The maximum absolute atomic E-state index is 12.4.